The summed E-state index contributed by atoms with van der Waals surface area (Å²) >= 11 is 0. The van der Waals surface area contributed by atoms with Crippen LogP contribution >= 0.6 is 12.4 Å². The first kappa shape index (κ1) is 19.6. The lowest BCUT2D eigenvalue weighted by Crippen LogP contribution is -2.46. The van der Waals surface area contributed by atoms with Crippen LogP contribution in [-0.2, 0) is 4.79 Å². The van der Waals surface area contributed by atoms with Crippen molar-refractivity contribution in [3.05, 3.63) is 29.8 Å². The van der Waals surface area contributed by atoms with E-state index in [4.69, 9.17) is 4.74 Å². The topological polar surface area (TPSA) is 50.4 Å². The zero-order valence-electron chi connectivity index (χ0n) is 13.1. The maximum Gasteiger partial charge on any atom is 0.220 e. The van der Waals surface area contributed by atoms with Gasteiger partial charge in [-0.05, 0) is 44.9 Å². The zero-order chi connectivity index (χ0) is 15.9. The molecule has 1 aromatic carbocycles. The minimum Gasteiger partial charge on any atom is -0.491 e. The zero-order valence-corrected chi connectivity index (χ0v) is 13.9. The fourth-order valence-electron chi connectivity index (χ4n) is 2.57. The summed E-state index contributed by atoms with van der Waals surface area (Å²) in [5, 5.41) is 6.34. The Morgan fingerprint density at radius 2 is 2.22 bits per heavy atom. The van der Waals surface area contributed by atoms with Crippen molar-refractivity contribution in [1.82, 2.24) is 10.6 Å². The molecule has 2 rings (SSSR count). The lowest BCUT2D eigenvalue weighted by atomic mass is 10.0. The van der Waals surface area contributed by atoms with Gasteiger partial charge in [0.15, 0.2) is 11.6 Å². The molecule has 23 heavy (non-hydrogen) atoms. The number of hydrogen-bond acceptors (Lipinski definition) is 3. The Labute approximate surface area is 141 Å². The summed E-state index contributed by atoms with van der Waals surface area (Å²) in [5.41, 5.74) is 0. The maximum absolute atomic E-state index is 13.3. The fraction of sp³-hybridized carbons (Fsp3) is 0.562. The van der Waals surface area contributed by atoms with Crippen LogP contribution in [0.3, 0.4) is 0 Å². The predicted molar refractivity (Wildman–Crippen MR) is 87.0 cm³/mol. The first-order valence-corrected chi connectivity index (χ1v) is 7.65. The van der Waals surface area contributed by atoms with Gasteiger partial charge in [0.1, 0.15) is 5.82 Å². The number of ether oxygens (including phenoxy) is 1. The summed E-state index contributed by atoms with van der Waals surface area (Å²) < 4.78 is 31.3. The molecule has 0 radical (unpaired) electrons. The van der Waals surface area contributed by atoms with Gasteiger partial charge < -0.3 is 15.4 Å². The molecule has 1 fully saturated rings. The molecule has 4 nitrogen and oxygen atoms in total. The van der Waals surface area contributed by atoms with E-state index in [0.29, 0.717) is 18.9 Å². The SMILES string of the molecule is CC1CC(NC(=O)CCCOc2ccc(F)cc2F)CCN1.Cl. The Morgan fingerprint density at radius 3 is 2.91 bits per heavy atom. The summed E-state index contributed by atoms with van der Waals surface area (Å²) in [6.07, 6.45) is 2.70. The van der Waals surface area contributed by atoms with Crippen LogP contribution in [-0.4, -0.2) is 31.1 Å². The average Bonchev–Trinajstić information content (AvgIpc) is 2.45. The molecule has 1 amide bonds. The van der Waals surface area contributed by atoms with Crippen molar-refractivity contribution in [1.29, 1.82) is 0 Å². The molecule has 130 valence electrons. The summed E-state index contributed by atoms with van der Waals surface area (Å²) in [6.45, 7) is 3.24. The molecule has 1 aliphatic heterocycles. The van der Waals surface area contributed by atoms with Crippen molar-refractivity contribution in [2.24, 2.45) is 0 Å². The molecule has 0 aromatic heterocycles. The Bertz CT molecular complexity index is 517. The van der Waals surface area contributed by atoms with Crippen LogP contribution in [0.25, 0.3) is 0 Å². The van der Waals surface area contributed by atoms with E-state index in [9.17, 15) is 13.6 Å². The molecule has 2 unspecified atom stereocenters. The van der Waals surface area contributed by atoms with Crippen molar-refractivity contribution in [3.63, 3.8) is 0 Å². The Kier molecular flexibility index (Phi) is 8.26. The molecular formula is C16H23ClF2N2O2. The second-order valence-electron chi connectivity index (χ2n) is 5.67. The molecule has 0 saturated carbocycles. The van der Waals surface area contributed by atoms with E-state index >= 15 is 0 Å². The van der Waals surface area contributed by atoms with E-state index in [1.807, 2.05) is 0 Å². The van der Waals surface area contributed by atoms with E-state index in [2.05, 4.69) is 17.6 Å². The van der Waals surface area contributed by atoms with Gasteiger partial charge in [0, 0.05) is 24.6 Å². The van der Waals surface area contributed by atoms with Gasteiger partial charge >= 0.3 is 0 Å². The molecule has 7 heteroatoms. The van der Waals surface area contributed by atoms with E-state index in [1.54, 1.807) is 0 Å². The van der Waals surface area contributed by atoms with E-state index in [0.717, 1.165) is 31.5 Å². The lowest BCUT2D eigenvalue weighted by molar-refractivity contribution is -0.122. The first-order chi connectivity index (χ1) is 10.5. The van der Waals surface area contributed by atoms with Gasteiger partial charge in [-0.25, -0.2) is 8.78 Å². The number of nitrogens with one attached hydrogen (secondary N) is 2. The minimum absolute atomic E-state index is 0. The highest BCUT2D eigenvalue weighted by atomic mass is 35.5. The van der Waals surface area contributed by atoms with Gasteiger partial charge in [0.05, 0.1) is 6.61 Å². The van der Waals surface area contributed by atoms with Gasteiger partial charge in [-0.15, -0.1) is 12.4 Å². The summed E-state index contributed by atoms with van der Waals surface area (Å²) in [6, 6.07) is 3.81. The highest BCUT2D eigenvalue weighted by Gasteiger charge is 2.19. The molecular weight excluding hydrogens is 326 g/mol. The standard InChI is InChI=1S/C16H22F2N2O2.ClH/c1-11-9-13(6-7-19-11)20-16(21)3-2-8-22-15-5-4-12(17)10-14(15)18;/h4-5,10-11,13,19H,2-3,6-9H2,1H3,(H,20,21);1H. The highest BCUT2D eigenvalue weighted by Crippen LogP contribution is 2.17. The first-order valence-electron chi connectivity index (χ1n) is 7.65. The van der Waals surface area contributed by atoms with Gasteiger partial charge in [-0.3, -0.25) is 4.79 Å². The summed E-state index contributed by atoms with van der Waals surface area (Å²) in [4.78, 5) is 11.8. The number of carbonyl (C=O) groups is 1. The van der Waals surface area contributed by atoms with Crippen LogP contribution in [0.2, 0.25) is 0 Å². The smallest absolute Gasteiger partial charge is 0.220 e. The number of halogens is 3. The third-order valence-corrected chi connectivity index (χ3v) is 3.69. The molecule has 0 aliphatic carbocycles. The summed E-state index contributed by atoms with van der Waals surface area (Å²) in [5.74, 6) is -1.37. The maximum atomic E-state index is 13.3. The number of benzene rings is 1. The minimum atomic E-state index is -0.729. The molecule has 2 N–H and O–H groups in total. The largest absolute Gasteiger partial charge is 0.491 e. The van der Waals surface area contributed by atoms with Crippen LogP contribution in [0.4, 0.5) is 8.78 Å². The third kappa shape index (κ3) is 6.71. The molecule has 1 aliphatic rings. The predicted octanol–water partition coefficient (Wildman–Crippen LogP) is 2.80. The monoisotopic (exact) mass is 348 g/mol. The van der Waals surface area contributed by atoms with Crippen LogP contribution in [0, 0.1) is 11.6 Å². The molecule has 0 spiro atoms. The number of hydrogen-bond donors (Lipinski definition) is 2. The Morgan fingerprint density at radius 1 is 1.43 bits per heavy atom. The molecule has 1 heterocycles. The second-order valence-corrected chi connectivity index (χ2v) is 5.67. The fourth-order valence-corrected chi connectivity index (χ4v) is 2.57. The quantitative estimate of drug-likeness (QED) is 0.777. The Balaban J connectivity index is 0.00000264. The van der Waals surface area contributed by atoms with Crippen molar-refractivity contribution in [2.45, 2.75) is 44.7 Å². The van der Waals surface area contributed by atoms with Crippen LogP contribution in [0.1, 0.15) is 32.6 Å². The van der Waals surface area contributed by atoms with Gasteiger partial charge in [0.25, 0.3) is 0 Å². The van der Waals surface area contributed by atoms with E-state index < -0.39 is 11.6 Å². The van der Waals surface area contributed by atoms with Crippen molar-refractivity contribution in [3.8, 4) is 5.75 Å². The van der Waals surface area contributed by atoms with Crippen molar-refractivity contribution < 1.29 is 18.3 Å². The third-order valence-electron chi connectivity index (χ3n) is 3.69. The molecule has 2 atom stereocenters. The van der Waals surface area contributed by atoms with Crippen LogP contribution < -0.4 is 15.4 Å². The van der Waals surface area contributed by atoms with E-state index in [-0.39, 0.29) is 36.7 Å². The number of amides is 1. The van der Waals surface area contributed by atoms with Gasteiger partial charge in [0.2, 0.25) is 5.91 Å². The van der Waals surface area contributed by atoms with Crippen molar-refractivity contribution in [2.75, 3.05) is 13.2 Å². The van der Waals surface area contributed by atoms with Crippen LogP contribution in [0.15, 0.2) is 18.2 Å². The van der Waals surface area contributed by atoms with Gasteiger partial charge in [-0.2, -0.15) is 0 Å². The Hall–Kier alpha value is -1.40. The lowest BCUT2D eigenvalue weighted by Gasteiger charge is -2.28. The van der Waals surface area contributed by atoms with E-state index in [1.165, 1.54) is 6.07 Å². The number of piperidine rings is 1. The van der Waals surface area contributed by atoms with Crippen molar-refractivity contribution >= 4 is 18.3 Å². The number of rotatable bonds is 6. The molecule has 1 saturated heterocycles. The van der Waals surface area contributed by atoms with Crippen LogP contribution in [0.5, 0.6) is 5.75 Å². The normalized spacial score (nSPS) is 20.5. The average molecular weight is 349 g/mol. The second kappa shape index (κ2) is 9.67. The molecule has 1 aromatic rings. The molecule has 0 bridgehead atoms. The van der Waals surface area contributed by atoms with Gasteiger partial charge in [-0.1, -0.05) is 0 Å². The number of carbonyl (C=O) groups excluding carboxylic acids is 1. The highest BCUT2D eigenvalue weighted by molar-refractivity contribution is 5.85. The summed E-state index contributed by atoms with van der Waals surface area (Å²) in [7, 11) is 0.